The molecular formula is C21H26N2O4. The lowest BCUT2D eigenvalue weighted by molar-refractivity contribution is -0.123. The average molecular weight is 370 g/mol. The van der Waals surface area contributed by atoms with Gasteiger partial charge in [-0.05, 0) is 60.7 Å². The number of ether oxygens (including phenoxy) is 2. The van der Waals surface area contributed by atoms with Crippen molar-refractivity contribution in [3.63, 3.8) is 0 Å². The fourth-order valence-electron chi connectivity index (χ4n) is 2.48. The van der Waals surface area contributed by atoms with Crippen LogP contribution in [0, 0.1) is 6.92 Å². The molecule has 1 amide bonds. The molecule has 2 aromatic rings. The predicted octanol–water partition coefficient (Wildman–Crippen LogP) is 3.75. The van der Waals surface area contributed by atoms with Gasteiger partial charge in [-0.2, -0.15) is 5.10 Å². The molecule has 0 aliphatic carbocycles. The van der Waals surface area contributed by atoms with Crippen molar-refractivity contribution < 1.29 is 19.4 Å². The molecule has 27 heavy (non-hydrogen) atoms. The quantitative estimate of drug-likeness (QED) is 0.548. The maximum absolute atomic E-state index is 12.0. The Morgan fingerprint density at radius 3 is 2.67 bits per heavy atom. The molecule has 2 rings (SSSR count). The Kier molecular flexibility index (Phi) is 7.23. The van der Waals surface area contributed by atoms with Gasteiger partial charge in [0.2, 0.25) is 0 Å². The van der Waals surface area contributed by atoms with E-state index in [0.717, 1.165) is 11.1 Å². The van der Waals surface area contributed by atoms with E-state index in [4.69, 9.17) is 9.47 Å². The molecule has 2 aromatic carbocycles. The number of carbonyl (C=O) groups excluding carboxylic acids is 1. The number of hydrogen-bond donors (Lipinski definition) is 2. The van der Waals surface area contributed by atoms with Crippen LogP contribution in [0.15, 0.2) is 41.5 Å². The molecule has 0 aliphatic heterocycles. The summed E-state index contributed by atoms with van der Waals surface area (Å²) in [5.74, 6) is 1.09. The van der Waals surface area contributed by atoms with E-state index in [1.54, 1.807) is 12.1 Å². The number of nitrogens with zero attached hydrogens (tertiary/aromatic N) is 1. The van der Waals surface area contributed by atoms with Crippen molar-refractivity contribution in [1.29, 1.82) is 0 Å². The number of aromatic hydroxyl groups is 1. The van der Waals surface area contributed by atoms with Crippen LogP contribution in [0.2, 0.25) is 0 Å². The van der Waals surface area contributed by atoms with Crippen LogP contribution >= 0.6 is 0 Å². The Balaban J connectivity index is 1.93. The van der Waals surface area contributed by atoms with Crippen molar-refractivity contribution in [3.8, 4) is 17.2 Å². The summed E-state index contributed by atoms with van der Waals surface area (Å²) < 4.78 is 11.0. The van der Waals surface area contributed by atoms with Crippen LogP contribution in [0.25, 0.3) is 0 Å². The zero-order valence-electron chi connectivity index (χ0n) is 16.2. The second-order valence-corrected chi connectivity index (χ2v) is 6.44. The van der Waals surface area contributed by atoms with Gasteiger partial charge in [-0.1, -0.05) is 26.0 Å². The van der Waals surface area contributed by atoms with E-state index < -0.39 is 0 Å². The SMILES string of the molecule is CCOc1cc(/C=N\NC(=O)COc2cc(C)ccc2C(C)C)ccc1O. The molecule has 0 spiro atoms. The third-order valence-corrected chi connectivity index (χ3v) is 3.84. The van der Waals surface area contributed by atoms with Gasteiger partial charge in [0.25, 0.3) is 5.91 Å². The van der Waals surface area contributed by atoms with Gasteiger partial charge in [-0.25, -0.2) is 5.43 Å². The maximum Gasteiger partial charge on any atom is 0.277 e. The fourth-order valence-corrected chi connectivity index (χ4v) is 2.48. The molecule has 0 radical (unpaired) electrons. The number of aryl methyl sites for hydroxylation is 1. The second kappa shape index (κ2) is 9.62. The Morgan fingerprint density at radius 1 is 1.19 bits per heavy atom. The highest BCUT2D eigenvalue weighted by Crippen LogP contribution is 2.27. The van der Waals surface area contributed by atoms with E-state index >= 15 is 0 Å². The first kappa shape index (κ1) is 20.3. The number of rotatable bonds is 8. The molecule has 0 unspecified atom stereocenters. The van der Waals surface area contributed by atoms with Crippen LogP contribution in [0.4, 0.5) is 0 Å². The highest BCUT2D eigenvalue weighted by Gasteiger charge is 2.10. The summed E-state index contributed by atoms with van der Waals surface area (Å²) in [4.78, 5) is 12.0. The molecular weight excluding hydrogens is 344 g/mol. The molecule has 0 heterocycles. The van der Waals surface area contributed by atoms with E-state index in [1.165, 1.54) is 12.3 Å². The van der Waals surface area contributed by atoms with E-state index in [9.17, 15) is 9.90 Å². The molecule has 144 valence electrons. The lowest BCUT2D eigenvalue weighted by atomic mass is 10.0. The number of carbonyl (C=O) groups is 1. The Hall–Kier alpha value is -3.02. The van der Waals surface area contributed by atoms with Crippen molar-refractivity contribution in [1.82, 2.24) is 5.43 Å². The number of nitrogens with one attached hydrogen (secondary N) is 1. The number of amides is 1. The summed E-state index contributed by atoms with van der Waals surface area (Å²) >= 11 is 0. The van der Waals surface area contributed by atoms with Crippen LogP contribution in [0.5, 0.6) is 17.2 Å². The van der Waals surface area contributed by atoms with Gasteiger partial charge in [-0.3, -0.25) is 4.79 Å². The van der Waals surface area contributed by atoms with E-state index in [-0.39, 0.29) is 18.3 Å². The molecule has 0 aliphatic rings. The molecule has 0 saturated heterocycles. The van der Waals surface area contributed by atoms with Crippen molar-refractivity contribution >= 4 is 12.1 Å². The molecule has 0 aromatic heterocycles. The third kappa shape index (κ3) is 6.02. The molecule has 0 bridgehead atoms. The summed E-state index contributed by atoms with van der Waals surface area (Å²) in [6.45, 7) is 8.29. The van der Waals surface area contributed by atoms with Gasteiger partial charge in [0, 0.05) is 0 Å². The average Bonchev–Trinajstić information content (AvgIpc) is 2.62. The van der Waals surface area contributed by atoms with Crippen LogP contribution in [-0.4, -0.2) is 30.4 Å². The van der Waals surface area contributed by atoms with Crippen LogP contribution in [0.1, 0.15) is 43.4 Å². The third-order valence-electron chi connectivity index (χ3n) is 3.84. The topological polar surface area (TPSA) is 80.2 Å². The Bertz CT molecular complexity index is 816. The van der Waals surface area contributed by atoms with Gasteiger partial charge < -0.3 is 14.6 Å². The summed E-state index contributed by atoms with van der Waals surface area (Å²) in [6, 6.07) is 10.8. The number of phenols is 1. The predicted molar refractivity (Wildman–Crippen MR) is 106 cm³/mol. The second-order valence-electron chi connectivity index (χ2n) is 6.44. The molecule has 6 nitrogen and oxygen atoms in total. The Morgan fingerprint density at radius 2 is 1.96 bits per heavy atom. The molecule has 0 saturated carbocycles. The van der Waals surface area contributed by atoms with Crippen molar-refractivity contribution in [2.24, 2.45) is 5.10 Å². The number of benzene rings is 2. The van der Waals surface area contributed by atoms with E-state index in [0.29, 0.717) is 29.6 Å². The monoisotopic (exact) mass is 370 g/mol. The minimum absolute atomic E-state index is 0.0607. The standard InChI is InChI=1S/C21H26N2O4/c1-5-26-20-11-16(7-9-18(20)24)12-22-23-21(25)13-27-19-10-15(4)6-8-17(19)14(2)3/h6-12,14,24H,5,13H2,1-4H3,(H,23,25)/b22-12-. The Labute approximate surface area is 159 Å². The largest absolute Gasteiger partial charge is 0.504 e. The van der Waals surface area contributed by atoms with Crippen molar-refractivity contribution in [3.05, 3.63) is 53.1 Å². The normalized spacial score (nSPS) is 11.0. The molecule has 0 fully saturated rings. The first-order valence-corrected chi connectivity index (χ1v) is 8.91. The zero-order valence-corrected chi connectivity index (χ0v) is 16.2. The molecule has 6 heteroatoms. The van der Waals surface area contributed by atoms with Crippen LogP contribution in [-0.2, 0) is 4.79 Å². The fraction of sp³-hybridized carbons (Fsp3) is 0.333. The zero-order chi connectivity index (χ0) is 19.8. The van der Waals surface area contributed by atoms with E-state index in [1.807, 2.05) is 32.0 Å². The summed E-state index contributed by atoms with van der Waals surface area (Å²) in [5, 5.41) is 13.6. The number of hydrogen-bond acceptors (Lipinski definition) is 5. The lowest BCUT2D eigenvalue weighted by Crippen LogP contribution is -2.25. The first-order valence-electron chi connectivity index (χ1n) is 8.91. The summed E-state index contributed by atoms with van der Waals surface area (Å²) in [7, 11) is 0. The minimum Gasteiger partial charge on any atom is -0.504 e. The van der Waals surface area contributed by atoms with Gasteiger partial charge in [0.1, 0.15) is 5.75 Å². The van der Waals surface area contributed by atoms with Gasteiger partial charge in [0.05, 0.1) is 12.8 Å². The molecule has 2 N–H and O–H groups in total. The minimum atomic E-state index is -0.355. The van der Waals surface area contributed by atoms with Crippen LogP contribution in [0.3, 0.4) is 0 Å². The number of hydrazone groups is 1. The van der Waals surface area contributed by atoms with Gasteiger partial charge >= 0.3 is 0 Å². The number of phenolic OH excluding ortho intramolecular Hbond substituents is 1. The lowest BCUT2D eigenvalue weighted by Gasteiger charge is -2.14. The highest BCUT2D eigenvalue weighted by molar-refractivity contribution is 5.83. The first-order chi connectivity index (χ1) is 12.9. The van der Waals surface area contributed by atoms with Crippen molar-refractivity contribution in [2.45, 2.75) is 33.6 Å². The highest BCUT2D eigenvalue weighted by atomic mass is 16.5. The maximum atomic E-state index is 12.0. The van der Waals surface area contributed by atoms with E-state index in [2.05, 4.69) is 24.4 Å². The van der Waals surface area contributed by atoms with Crippen molar-refractivity contribution in [2.75, 3.05) is 13.2 Å². The smallest absolute Gasteiger partial charge is 0.277 e. The van der Waals surface area contributed by atoms with Gasteiger partial charge in [-0.15, -0.1) is 0 Å². The summed E-state index contributed by atoms with van der Waals surface area (Å²) in [5.41, 5.74) is 5.26. The van der Waals surface area contributed by atoms with Gasteiger partial charge in [0.15, 0.2) is 18.1 Å². The van der Waals surface area contributed by atoms with Crippen LogP contribution < -0.4 is 14.9 Å². The molecule has 0 atom stereocenters. The summed E-state index contributed by atoms with van der Waals surface area (Å²) in [6.07, 6.45) is 1.48.